The summed E-state index contributed by atoms with van der Waals surface area (Å²) in [7, 11) is 0. The lowest BCUT2D eigenvalue weighted by atomic mass is 10.1. The van der Waals surface area contributed by atoms with Crippen molar-refractivity contribution in [1.82, 2.24) is 10.6 Å². The molecule has 2 N–H and O–H groups in total. The maximum Gasteiger partial charge on any atom is 0.230 e. The summed E-state index contributed by atoms with van der Waals surface area (Å²) in [6.45, 7) is 9.95. The summed E-state index contributed by atoms with van der Waals surface area (Å²) in [5.74, 6) is 0.667. The molecule has 0 unspecified atom stereocenters. The van der Waals surface area contributed by atoms with Crippen molar-refractivity contribution >= 4 is 17.7 Å². The number of amides is 1. The minimum atomic E-state index is 0.127. The van der Waals surface area contributed by atoms with E-state index in [1.54, 1.807) is 11.8 Å². The van der Waals surface area contributed by atoms with Crippen LogP contribution in [0, 0.1) is 0 Å². The van der Waals surface area contributed by atoms with Crippen LogP contribution in [0.2, 0.25) is 0 Å². The van der Waals surface area contributed by atoms with Gasteiger partial charge in [-0.05, 0) is 32.4 Å². The van der Waals surface area contributed by atoms with Crippen molar-refractivity contribution < 1.29 is 9.53 Å². The molecule has 1 amide bonds. The van der Waals surface area contributed by atoms with E-state index in [0.717, 1.165) is 39.0 Å². The van der Waals surface area contributed by atoms with Gasteiger partial charge in [-0.2, -0.15) is 0 Å². The number of hydrogen-bond acceptors (Lipinski definition) is 4. The van der Waals surface area contributed by atoms with Gasteiger partial charge in [0.25, 0.3) is 0 Å². The highest BCUT2D eigenvalue weighted by Gasteiger charge is 2.14. The summed E-state index contributed by atoms with van der Waals surface area (Å²) in [5, 5.41) is 6.26. The van der Waals surface area contributed by atoms with Gasteiger partial charge in [0.05, 0.1) is 11.9 Å². The first-order chi connectivity index (χ1) is 8.97. The summed E-state index contributed by atoms with van der Waals surface area (Å²) in [6.07, 6.45) is 3.52. The van der Waals surface area contributed by atoms with E-state index in [1.807, 2.05) is 0 Å². The number of carbonyl (C=O) groups is 1. The fourth-order valence-corrected chi connectivity index (χ4v) is 2.51. The van der Waals surface area contributed by atoms with Crippen LogP contribution in [0.5, 0.6) is 0 Å². The first-order valence-corrected chi connectivity index (χ1v) is 8.19. The molecule has 0 spiro atoms. The Bertz CT molecular complexity index is 261. The highest BCUT2D eigenvalue weighted by Crippen LogP contribution is 2.22. The highest BCUT2D eigenvalue weighted by molar-refractivity contribution is 8.01. The minimum Gasteiger partial charge on any atom is -0.378 e. The van der Waals surface area contributed by atoms with Crippen molar-refractivity contribution in [2.45, 2.75) is 50.9 Å². The van der Waals surface area contributed by atoms with Gasteiger partial charge < -0.3 is 15.4 Å². The zero-order valence-corrected chi connectivity index (χ0v) is 13.3. The molecular weight excluding hydrogens is 260 g/mol. The lowest BCUT2D eigenvalue weighted by molar-refractivity contribution is -0.118. The number of hydrogen-bond donors (Lipinski definition) is 2. The molecule has 1 rings (SSSR count). The molecule has 5 heteroatoms. The molecule has 0 radical (unpaired) electrons. The zero-order chi connectivity index (χ0) is 14.1. The number of thioether (sulfide) groups is 1. The van der Waals surface area contributed by atoms with Gasteiger partial charge in [-0.1, -0.05) is 20.8 Å². The van der Waals surface area contributed by atoms with Crippen molar-refractivity contribution in [3.63, 3.8) is 0 Å². The molecule has 0 aromatic heterocycles. The zero-order valence-electron chi connectivity index (χ0n) is 12.5. The molecule has 1 aliphatic rings. The minimum absolute atomic E-state index is 0.127. The van der Waals surface area contributed by atoms with Gasteiger partial charge in [0.1, 0.15) is 0 Å². The Kier molecular flexibility index (Phi) is 7.80. The molecule has 19 heavy (non-hydrogen) atoms. The molecule has 1 saturated heterocycles. The summed E-state index contributed by atoms with van der Waals surface area (Å²) >= 11 is 1.68. The SMILES string of the molecule is CC(C)(C)SCC(=O)NCCCOC1CCNCC1. The quantitative estimate of drug-likeness (QED) is 0.701. The average Bonchev–Trinajstić information content (AvgIpc) is 2.36. The van der Waals surface area contributed by atoms with Crippen LogP contribution in [0.25, 0.3) is 0 Å². The van der Waals surface area contributed by atoms with Crippen molar-refractivity contribution in [1.29, 1.82) is 0 Å². The normalized spacial score (nSPS) is 17.4. The Hall–Kier alpha value is -0.260. The van der Waals surface area contributed by atoms with E-state index < -0.39 is 0 Å². The summed E-state index contributed by atoms with van der Waals surface area (Å²) in [4.78, 5) is 11.6. The van der Waals surface area contributed by atoms with Crippen LogP contribution in [0.1, 0.15) is 40.0 Å². The number of rotatable bonds is 7. The summed E-state index contributed by atoms with van der Waals surface area (Å²) in [6, 6.07) is 0. The monoisotopic (exact) mass is 288 g/mol. The van der Waals surface area contributed by atoms with Crippen molar-refractivity contribution in [3.8, 4) is 0 Å². The van der Waals surface area contributed by atoms with Crippen LogP contribution in [0.3, 0.4) is 0 Å². The molecule has 1 heterocycles. The molecule has 1 aliphatic heterocycles. The molecule has 0 bridgehead atoms. The van der Waals surface area contributed by atoms with Crippen molar-refractivity contribution in [3.05, 3.63) is 0 Å². The summed E-state index contributed by atoms with van der Waals surface area (Å²) in [5.41, 5.74) is 0. The van der Waals surface area contributed by atoms with Crippen molar-refractivity contribution in [2.24, 2.45) is 0 Å². The third kappa shape index (κ3) is 9.30. The van der Waals surface area contributed by atoms with Crippen LogP contribution in [0.15, 0.2) is 0 Å². The molecule has 0 aromatic carbocycles. The molecule has 112 valence electrons. The van der Waals surface area contributed by atoms with E-state index in [1.165, 1.54) is 0 Å². The Morgan fingerprint density at radius 3 is 2.68 bits per heavy atom. The smallest absolute Gasteiger partial charge is 0.230 e. The Balaban J connectivity index is 1.93. The predicted octanol–water partition coefficient (Wildman–Crippen LogP) is 1.79. The van der Waals surface area contributed by atoms with E-state index in [-0.39, 0.29) is 10.7 Å². The van der Waals surface area contributed by atoms with E-state index in [9.17, 15) is 4.79 Å². The van der Waals surface area contributed by atoms with Gasteiger partial charge in [0.2, 0.25) is 5.91 Å². The molecule has 4 nitrogen and oxygen atoms in total. The van der Waals surface area contributed by atoms with Crippen LogP contribution in [-0.2, 0) is 9.53 Å². The average molecular weight is 288 g/mol. The van der Waals surface area contributed by atoms with Gasteiger partial charge >= 0.3 is 0 Å². The van der Waals surface area contributed by atoms with Gasteiger partial charge in [-0.3, -0.25) is 4.79 Å². The number of piperidine rings is 1. The number of nitrogens with one attached hydrogen (secondary N) is 2. The first kappa shape index (κ1) is 16.8. The van der Waals surface area contributed by atoms with Gasteiger partial charge in [0.15, 0.2) is 0 Å². The van der Waals surface area contributed by atoms with E-state index >= 15 is 0 Å². The molecule has 0 aliphatic carbocycles. The lowest BCUT2D eigenvalue weighted by Crippen LogP contribution is -2.33. The van der Waals surface area contributed by atoms with Crippen LogP contribution >= 0.6 is 11.8 Å². The van der Waals surface area contributed by atoms with Crippen LogP contribution in [-0.4, -0.2) is 48.8 Å². The fourth-order valence-electron chi connectivity index (χ4n) is 1.85. The Labute approximate surface area is 121 Å². The van der Waals surface area contributed by atoms with Gasteiger partial charge in [-0.15, -0.1) is 11.8 Å². The fraction of sp³-hybridized carbons (Fsp3) is 0.929. The standard InChI is InChI=1S/C14H28N2O2S/c1-14(2,3)19-11-13(17)16-7-4-10-18-12-5-8-15-9-6-12/h12,15H,4-11H2,1-3H3,(H,16,17). The topological polar surface area (TPSA) is 50.4 Å². The van der Waals surface area contributed by atoms with E-state index in [4.69, 9.17) is 4.74 Å². The molecule has 0 aromatic rings. The van der Waals surface area contributed by atoms with E-state index in [2.05, 4.69) is 31.4 Å². The Morgan fingerprint density at radius 1 is 1.37 bits per heavy atom. The maximum absolute atomic E-state index is 11.6. The maximum atomic E-state index is 11.6. The second-order valence-corrected chi connectivity index (χ2v) is 7.73. The third-order valence-electron chi connectivity index (χ3n) is 2.92. The van der Waals surface area contributed by atoms with Crippen LogP contribution < -0.4 is 10.6 Å². The number of ether oxygens (including phenoxy) is 1. The van der Waals surface area contributed by atoms with Gasteiger partial charge in [-0.25, -0.2) is 0 Å². The predicted molar refractivity (Wildman–Crippen MR) is 81.7 cm³/mol. The largest absolute Gasteiger partial charge is 0.378 e. The number of carbonyl (C=O) groups excluding carboxylic acids is 1. The van der Waals surface area contributed by atoms with Crippen LogP contribution in [0.4, 0.5) is 0 Å². The summed E-state index contributed by atoms with van der Waals surface area (Å²) < 4.78 is 5.93. The Morgan fingerprint density at radius 2 is 2.05 bits per heavy atom. The molecule has 0 atom stereocenters. The first-order valence-electron chi connectivity index (χ1n) is 7.20. The third-order valence-corrected chi connectivity index (χ3v) is 4.19. The molecule has 0 saturated carbocycles. The van der Waals surface area contributed by atoms with Crippen molar-refractivity contribution in [2.75, 3.05) is 32.0 Å². The lowest BCUT2D eigenvalue weighted by Gasteiger charge is -2.22. The highest BCUT2D eigenvalue weighted by atomic mass is 32.2. The second-order valence-electron chi connectivity index (χ2n) is 5.92. The molecular formula is C14H28N2O2S. The molecule has 1 fully saturated rings. The second kappa shape index (κ2) is 8.82. The van der Waals surface area contributed by atoms with Gasteiger partial charge in [0, 0.05) is 17.9 Å². The van der Waals surface area contributed by atoms with E-state index in [0.29, 0.717) is 18.4 Å².